The van der Waals surface area contributed by atoms with Gasteiger partial charge in [0.15, 0.2) is 0 Å². The second-order valence-electron chi connectivity index (χ2n) is 6.51. The topological polar surface area (TPSA) is 60.5 Å². The lowest BCUT2D eigenvalue weighted by Gasteiger charge is -2.15. The summed E-state index contributed by atoms with van der Waals surface area (Å²) in [4.78, 5) is 17.1. The van der Waals surface area contributed by atoms with Crippen molar-refractivity contribution in [3.8, 4) is 22.4 Å². The van der Waals surface area contributed by atoms with Gasteiger partial charge in [0.2, 0.25) is 5.76 Å². The van der Waals surface area contributed by atoms with Crippen LogP contribution in [0.25, 0.3) is 22.4 Å². The van der Waals surface area contributed by atoms with Crippen LogP contribution in [0.5, 0.6) is 0 Å². The number of carbonyl (C=O) groups is 1. The number of hydrogen-bond acceptors (Lipinski definition) is 4. The number of anilines is 1. The van der Waals surface area contributed by atoms with Crippen molar-refractivity contribution in [1.82, 2.24) is 4.98 Å². The number of pyridine rings is 1. The Balaban J connectivity index is 1.72. The number of hydrogen-bond donors (Lipinski definition) is 1. The van der Waals surface area contributed by atoms with Crippen molar-refractivity contribution in [3.63, 3.8) is 0 Å². The Morgan fingerprint density at radius 1 is 0.929 bits per heavy atom. The normalized spacial score (nSPS) is 13.1. The summed E-state index contributed by atoms with van der Waals surface area (Å²) in [6.07, 6.45) is 1.33. The summed E-state index contributed by atoms with van der Waals surface area (Å²) >= 11 is 0. The monoisotopic (exact) mass is 372 g/mol. The SMILES string of the molecule is Cc1ccc(-c2cc(NC(=O)C3=COCCO3)nc(-c3ccccc3)c2)cc1. The fourth-order valence-electron chi connectivity index (χ4n) is 2.93. The van der Waals surface area contributed by atoms with E-state index in [9.17, 15) is 4.79 Å². The molecule has 0 fully saturated rings. The van der Waals surface area contributed by atoms with Crippen LogP contribution in [-0.4, -0.2) is 24.1 Å². The van der Waals surface area contributed by atoms with Crippen molar-refractivity contribution in [2.75, 3.05) is 18.5 Å². The lowest BCUT2D eigenvalue weighted by molar-refractivity contribution is -0.117. The number of carbonyl (C=O) groups excluding carboxylic acids is 1. The smallest absolute Gasteiger partial charge is 0.295 e. The maximum absolute atomic E-state index is 12.5. The van der Waals surface area contributed by atoms with Crippen LogP contribution in [0.2, 0.25) is 0 Å². The maximum atomic E-state index is 12.5. The minimum absolute atomic E-state index is 0.148. The predicted octanol–water partition coefficient (Wildman–Crippen LogP) is 4.55. The molecule has 1 aliphatic rings. The van der Waals surface area contributed by atoms with E-state index in [4.69, 9.17) is 9.47 Å². The van der Waals surface area contributed by atoms with E-state index in [1.165, 1.54) is 11.8 Å². The summed E-state index contributed by atoms with van der Waals surface area (Å²) in [5.41, 5.74) is 4.97. The van der Waals surface area contributed by atoms with Crippen LogP contribution in [0.15, 0.2) is 78.8 Å². The van der Waals surface area contributed by atoms with Crippen LogP contribution in [0.3, 0.4) is 0 Å². The van der Waals surface area contributed by atoms with Gasteiger partial charge in [-0.25, -0.2) is 4.98 Å². The van der Waals surface area contributed by atoms with Crippen molar-refractivity contribution < 1.29 is 14.3 Å². The van der Waals surface area contributed by atoms with E-state index in [0.29, 0.717) is 19.0 Å². The lowest BCUT2D eigenvalue weighted by atomic mass is 10.0. The highest BCUT2D eigenvalue weighted by molar-refractivity contribution is 6.02. The molecule has 2 aromatic carbocycles. The van der Waals surface area contributed by atoms with E-state index in [2.05, 4.69) is 41.5 Å². The van der Waals surface area contributed by atoms with Gasteiger partial charge in [-0.3, -0.25) is 4.79 Å². The average molecular weight is 372 g/mol. The molecule has 3 aromatic rings. The van der Waals surface area contributed by atoms with Crippen LogP contribution < -0.4 is 5.32 Å². The van der Waals surface area contributed by atoms with E-state index in [-0.39, 0.29) is 11.7 Å². The van der Waals surface area contributed by atoms with Crippen LogP contribution in [0.1, 0.15) is 5.56 Å². The number of amides is 1. The van der Waals surface area contributed by atoms with E-state index in [0.717, 1.165) is 22.4 Å². The molecule has 1 N–H and O–H groups in total. The quantitative estimate of drug-likeness (QED) is 0.730. The molecule has 5 nitrogen and oxygen atoms in total. The second-order valence-corrected chi connectivity index (χ2v) is 6.51. The first-order valence-electron chi connectivity index (χ1n) is 9.09. The highest BCUT2D eigenvalue weighted by Gasteiger charge is 2.17. The Morgan fingerprint density at radius 2 is 1.71 bits per heavy atom. The van der Waals surface area contributed by atoms with Gasteiger partial charge in [0.05, 0.1) is 5.69 Å². The number of nitrogens with zero attached hydrogens (tertiary/aromatic N) is 1. The van der Waals surface area contributed by atoms with Crippen LogP contribution >= 0.6 is 0 Å². The zero-order chi connectivity index (χ0) is 19.3. The van der Waals surface area contributed by atoms with Crippen LogP contribution in [0.4, 0.5) is 5.82 Å². The van der Waals surface area contributed by atoms with E-state index in [1.54, 1.807) is 0 Å². The first-order chi connectivity index (χ1) is 13.7. The Hall–Kier alpha value is -3.60. The highest BCUT2D eigenvalue weighted by atomic mass is 16.6. The van der Waals surface area contributed by atoms with Gasteiger partial charge in [-0.05, 0) is 30.2 Å². The summed E-state index contributed by atoms with van der Waals surface area (Å²) < 4.78 is 10.5. The van der Waals surface area contributed by atoms with Crippen molar-refractivity contribution in [2.45, 2.75) is 6.92 Å². The van der Waals surface area contributed by atoms with Crippen molar-refractivity contribution in [3.05, 3.63) is 84.3 Å². The Morgan fingerprint density at radius 3 is 2.43 bits per heavy atom. The molecule has 0 atom stereocenters. The average Bonchev–Trinajstić information content (AvgIpc) is 2.75. The number of nitrogens with one attached hydrogen (secondary N) is 1. The molecule has 28 heavy (non-hydrogen) atoms. The molecule has 0 unspecified atom stereocenters. The third-order valence-corrected chi connectivity index (χ3v) is 4.39. The van der Waals surface area contributed by atoms with Gasteiger partial charge in [-0.2, -0.15) is 0 Å². The van der Waals surface area contributed by atoms with Gasteiger partial charge in [0.25, 0.3) is 5.91 Å². The molecule has 140 valence electrons. The molecular weight excluding hydrogens is 352 g/mol. The number of rotatable bonds is 4. The molecule has 5 heteroatoms. The van der Waals surface area contributed by atoms with Gasteiger partial charge < -0.3 is 14.8 Å². The standard InChI is InChI=1S/C23H20N2O3/c1-16-7-9-17(10-8-16)19-13-20(18-5-3-2-4-6-18)24-22(14-19)25-23(26)21-15-27-11-12-28-21/h2-10,13-15H,11-12H2,1H3,(H,24,25,26). The number of aromatic nitrogens is 1. The molecular formula is C23H20N2O3. The molecule has 0 bridgehead atoms. The van der Waals surface area contributed by atoms with Crippen LogP contribution in [0, 0.1) is 6.92 Å². The second kappa shape index (κ2) is 7.96. The molecule has 1 aromatic heterocycles. The van der Waals surface area contributed by atoms with Crippen LogP contribution in [-0.2, 0) is 14.3 Å². The third-order valence-electron chi connectivity index (χ3n) is 4.39. The van der Waals surface area contributed by atoms with Gasteiger partial charge in [-0.1, -0.05) is 60.2 Å². The Bertz CT molecular complexity index is 1010. The van der Waals surface area contributed by atoms with E-state index in [1.807, 2.05) is 42.5 Å². The first kappa shape index (κ1) is 17.8. The van der Waals surface area contributed by atoms with E-state index < -0.39 is 0 Å². The molecule has 2 heterocycles. The largest absolute Gasteiger partial charge is 0.494 e. The number of aryl methyl sites for hydroxylation is 1. The van der Waals surface area contributed by atoms with Crippen molar-refractivity contribution in [1.29, 1.82) is 0 Å². The maximum Gasteiger partial charge on any atom is 0.295 e. The van der Waals surface area contributed by atoms with Gasteiger partial charge in [-0.15, -0.1) is 0 Å². The Labute approximate surface area is 163 Å². The van der Waals surface area contributed by atoms with E-state index >= 15 is 0 Å². The summed E-state index contributed by atoms with van der Waals surface area (Å²) in [5, 5.41) is 2.82. The number of ether oxygens (including phenoxy) is 2. The predicted molar refractivity (Wildman–Crippen MR) is 108 cm³/mol. The highest BCUT2D eigenvalue weighted by Crippen LogP contribution is 2.28. The molecule has 4 rings (SSSR count). The minimum atomic E-state index is -0.382. The van der Waals surface area contributed by atoms with Crippen molar-refractivity contribution >= 4 is 11.7 Å². The minimum Gasteiger partial charge on any atom is -0.494 e. The Kier molecular flexibility index (Phi) is 5.06. The fourth-order valence-corrected chi connectivity index (χ4v) is 2.93. The first-order valence-corrected chi connectivity index (χ1v) is 9.09. The molecule has 0 spiro atoms. The van der Waals surface area contributed by atoms with Gasteiger partial charge in [0.1, 0.15) is 25.3 Å². The summed E-state index contributed by atoms with van der Waals surface area (Å²) in [6, 6.07) is 22.0. The molecule has 0 saturated heterocycles. The molecule has 0 radical (unpaired) electrons. The molecule has 1 aliphatic heterocycles. The fraction of sp³-hybridized carbons (Fsp3) is 0.130. The summed E-state index contributed by atoms with van der Waals surface area (Å²) in [6.45, 7) is 2.85. The molecule has 1 amide bonds. The summed E-state index contributed by atoms with van der Waals surface area (Å²) in [5.74, 6) is 0.222. The van der Waals surface area contributed by atoms with Crippen molar-refractivity contribution in [2.24, 2.45) is 0 Å². The number of benzene rings is 2. The zero-order valence-corrected chi connectivity index (χ0v) is 15.5. The van der Waals surface area contributed by atoms with Gasteiger partial charge >= 0.3 is 0 Å². The summed E-state index contributed by atoms with van der Waals surface area (Å²) in [7, 11) is 0. The van der Waals surface area contributed by atoms with Gasteiger partial charge in [0, 0.05) is 5.56 Å². The third kappa shape index (κ3) is 4.04. The lowest BCUT2D eigenvalue weighted by Crippen LogP contribution is -2.21. The zero-order valence-electron chi connectivity index (χ0n) is 15.5. The molecule has 0 saturated carbocycles. The molecule has 0 aliphatic carbocycles.